The lowest BCUT2D eigenvalue weighted by Crippen LogP contribution is -2.17. The smallest absolute Gasteiger partial charge is 0.0541 e. The zero-order valence-electron chi connectivity index (χ0n) is 7.30. The highest BCUT2D eigenvalue weighted by molar-refractivity contribution is 5.42. The van der Waals surface area contributed by atoms with Crippen molar-refractivity contribution in [3.8, 4) is 0 Å². The van der Waals surface area contributed by atoms with Crippen LogP contribution in [0.15, 0.2) is 18.5 Å². The van der Waals surface area contributed by atoms with Crippen LogP contribution in [0.2, 0.25) is 0 Å². The fraction of sp³-hybridized carbons (Fsp3) is 0.556. The van der Waals surface area contributed by atoms with Crippen molar-refractivity contribution in [1.82, 2.24) is 4.98 Å². The van der Waals surface area contributed by atoms with E-state index in [1.165, 1.54) is 18.5 Å². The molecular weight excluding hydrogens is 136 g/mol. The Labute approximate surface area is 68.2 Å². The zero-order valence-corrected chi connectivity index (χ0v) is 7.30. The molecule has 1 aromatic rings. The van der Waals surface area contributed by atoms with Gasteiger partial charge in [0.1, 0.15) is 0 Å². The number of hydrogen-bond acceptors (Lipinski definition) is 1. The Morgan fingerprint density at radius 2 is 2.36 bits per heavy atom. The maximum Gasteiger partial charge on any atom is 0.0541 e. The van der Waals surface area contributed by atoms with Gasteiger partial charge in [-0.2, -0.15) is 0 Å². The molecular formula is C9H16N2. The van der Waals surface area contributed by atoms with Crippen LogP contribution in [-0.4, -0.2) is 18.6 Å². The number of rotatable bonds is 4. The Balaban J connectivity index is 2.36. The minimum atomic E-state index is 1.15. The predicted molar refractivity (Wildman–Crippen MR) is 49.0 cm³/mol. The van der Waals surface area contributed by atoms with E-state index in [2.05, 4.69) is 29.9 Å². The lowest BCUT2D eigenvalue weighted by atomic mass is 10.3. The van der Waals surface area contributed by atoms with E-state index < -0.39 is 0 Å². The van der Waals surface area contributed by atoms with Crippen molar-refractivity contribution in [2.75, 3.05) is 18.5 Å². The van der Waals surface area contributed by atoms with Crippen LogP contribution in [0.4, 0.5) is 5.69 Å². The molecule has 0 spiro atoms. The van der Waals surface area contributed by atoms with Crippen molar-refractivity contribution in [3.05, 3.63) is 18.5 Å². The highest BCUT2D eigenvalue weighted by Crippen LogP contribution is 2.10. The van der Waals surface area contributed by atoms with E-state index in [-0.39, 0.29) is 0 Å². The van der Waals surface area contributed by atoms with Crippen LogP contribution in [0.25, 0.3) is 0 Å². The normalized spacial score (nSPS) is 10.0. The van der Waals surface area contributed by atoms with Gasteiger partial charge >= 0.3 is 0 Å². The fourth-order valence-corrected chi connectivity index (χ4v) is 1.08. The van der Waals surface area contributed by atoms with Gasteiger partial charge in [0, 0.05) is 26.0 Å². The molecule has 0 saturated carbocycles. The van der Waals surface area contributed by atoms with Crippen molar-refractivity contribution < 1.29 is 0 Å². The van der Waals surface area contributed by atoms with Gasteiger partial charge in [0.2, 0.25) is 0 Å². The topological polar surface area (TPSA) is 19.0 Å². The third kappa shape index (κ3) is 2.30. The molecule has 11 heavy (non-hydrogen) atoms. The second kappa shape index (κ2) is 4.06. The van der Waals surface area contributed by atoms with Crippen LogP contribution in [0, 0.1) is 0 Å². The molecule has 1 rings (SSSR count). The largest absolute Gasteiger partial charge is 0.373 e. The minimum absolute atomic E-state index is 1.15. The molecule has 0 radical (unpaired) electrons. The van der Waals surface area contributed by atoms with Crippen LogP contribution in [-0.2, 0) is 0 Å². The van der Waals surface area contributed by atoms with Crippen molar-refractivity contribution in [2.24, 2.45) is 0 Å². The van der Waals surface area contributed by atoms with E-state index in [1.807, 2.05) is 12.4 Å². The molecule has 62 valence electrons. The Kier molecular flexibility index (Phi) is 3.02. The summed E-state index contributed by atoms with van der Waals surface area (Å²) in [4.78, 5) is 5.31. The van der Waals surface area contributed by atoms with E-state index >= 15 is 0 Å². The van der Waals surface area contributed by atoms with Crippen molar-refractivity contribution in [1.29, 1.82) is 0 Å². The fourth-order valence-electron chi connectivity index (χ4n) is 1.08. The van der Waals surface area contributed by atoms with Crippen LogP contribution in [0.3, 0.4) is 0 Å². The van der Waals surface area contributed by atoms with E-state index in [9.17, 15) is 0 Å². The van der Waals surface area contributed by atoms with Crippen LogP contribution >= 0.6 is 0 Å². The van der Waals surface area contributed by atoms with Gasteiger partial charge in [0.05, 0.1) is 5.69 Å². The Hall–Kier alpha value is -0.920. The summed E-state index contributed by atoms with van der Waals surface area (Å²) in [6.07, 6.45) is 6.50. The molecule has 2 nitrogen and oxygen atoms in total. The monoisotopic (exact) mass is 152 g/mol. The van der Waals surface area contributed by atoms with E-state index in [4.69, 9.17) is 0 Å². The summed E-state index contributed by atoms with van der Waals surface area (Å²) in [7, 11) is 2.12. The van der Waals surface area contributed by atoms with Crippen molar-refractivity contribution in [2.45, 2.75) is 19.8 Å². The molecule has 0 amide bonds. The number of nitrogens with one attached hydrogen (secondary N) is 1. The van der Waals surface area contributed by atoms with Gasteiger partial charge in [-0.3, -0.25) is 0 Å². The van der Waals surface area contributed by atoms with Gasteiger partial charge in [-0.15, -0.1) is 0 Å². The lowest BCUT2D eigenvalue weighted by molar-refractivity contribution is 0.767. The molecule has 0 aliphatic rings. The number of hydrogen-bond donors (Lipinski definition) is 1. The summed E-state index contributed by atoms with van der Waals surface area (Å²) in [6.45, 7) is 3.36. The summed E-state index contributed by atoms with van der Waals surface area (Å²) >= 11 is 0. The van der Waals surface area contributed by atoms with Gasteiger partial charge in [-0.1, -0.05) is 13.3 Å². The molecule has 1 aromatic heterocycles. The molecule has 1 N–H and O–H groups in total. The second-order valence-electron chi connectivity index (χ2n) is 2.84. The van der Waals surface area contributed by atoms with Crippen LogP contribution in [0.1, 0.15) is 19.8 Å². The predicted octanol–water partition coefficient (Wildman–Crippen LogP) is 2.25. The number of anilines is 1. The first kappa shape index (κ1) is 8.18. The number of aromatic amines is 1. The van der Waals surface area contributed by atoms with Crippen molar-refractivity contribution in [3.63, 3.8) is 0 Å². The standard InChI is InChI=1S/C9H16N2/c1-3-4-7-11(2)9-5-6-10-8-9/h5-6,8,10H,3-4,7H2,1-2H3. The highest BCUT2D eigenvalue weighted by atomic mass is 15.1. The van der Waals surface area contributed by atoms with Gasteiger partial charge in [-0.25, -0.2) is 0 Å². The molecule has 0 unspecified atom stereocenters. The van der Waals surface area contributed by atoms with Gasteiger partial charge in [0.25, 0.3) is 0 Å². The van der Waals surface area contributed by atoms with Gasteiger partial charge < -0.3 is 9.88 Å². The lowest BCUT2D eigenvalue weighted by Gasteiger charge is -2.16. The highest BCUT2D eigenvalue weighted by Gasteiger charge is 1.97. The van der Waals surface area contributed by atoms with E-state index in [1.54, 1.807) is 0 Å². The molecule has 0 fully saturated rings. The molecule has 0 aliphatic heterocycles. The summed E-state index contributed by atoms with van der Waals surface area (Å²) < 4.78 is 0. The molecule has 0 bridgehead atoms. The third-order valence-corrected chi connectivity index (χ3v) is 1.87. The van der Waals surface area contributed by atoms with E-state index in [0.717, 1.165) is 6.54 Å². The first-order valence-corrected chi connectivity index (χ1v) is 4.18. The summed E-state index contributed by atoms with van der Waals surface area (Å²) in [5.74, 6) is 0. The SMILES string of the molecule is CCCCN(C)c1cc[nH]c1. The maximum absolute atomic E-state index is 3.05. The molecule has 0 aromatic carbocycles. The Bertz CT molecular complexity index is 179. The van der Waals surface area contributed by atoms with Gasteiger partial charge in [-0.05, 0) is 12.5 Å². The van der Waals surface area contributed by atoms with Crippen LogP contribution < -0.4 is 4.90 Å². The summed E-state index contributed by atoms with van der Waals surface area (Å²) in [5.41, 5.74) is 1.28. The molecule has 1 heterocycles. The number of H-pyrrole nitrogens is 1. The Morgan fingerprint density at radius 1 is 1.55 bits per heavy atom. The molecule has 0 aliphatic carbocycles. The average molecular weight is 152 g/mol. The number of nitrogens with zero attached hydrogens (tertiary/aromatic N) is 1. The van der Waals surface area contributed by atoms with Crippen LogP contribution in [0.5, 0.6) is 0 Å². The minimum Gasteiger partial charge on any atom is -0.373 e. The van der Waals surface area contributed by atoms with E-state index in [0.29, 0.717) is 0 Å². The quantitative estimate of drug-likeness (QED) is 0.701. The second-order valence-corrected chi connectivity index (χ2v) is 2.84. The third-order valence-electron chi connectivity index (χ3n) is 1.87. The van der Waals surface area contributed by atoms with Gasteiger partial charge in [0.15, 0.2) is 0 Å². The number of unbranched alkanes of at least 4 members (excludes halogenated alkanes) is 1. The average Bonchev–Trinajstić information content (AvgIpc) is 2.52. The van der Waals surface area contributed by atoms with Crippen molar-refractivity contribution >= 4 is 5.69 Å². The summed E-state index contributed by atoms with van der Waals surface area (Å²) in [5, 5.41) is 0. The number of aromatic nitrogens is 1. The molecule has 2 heteroatoms. The first-order valence-electron chi connectivity index (χ1n) is 4.18. The first-order chi connectivity index (χ1) is 5.34. The maximum atomic E-state index is 3.05. The molecule has 0 saturated heterocycles. The zero-order chi connectivity index (χ0) is 8.10. The summed E-state index contributed by atoms with van der Waals surface area (Å²) in [6, 6.07) is 2.09. The Morgan fingerprint density at radius 3 is 2.91 bits per heavy atom. The molecule has 0 atom stereocenters.